The van der Waals surface area contributed by atoms with Gasteiger partial charge in [0, 0.05) is 31.0 Å². The maximum Gasteiger partial charge on any atom is 0.313 e. The molecule has 2 aromatic carbocycles. The minimum atomic E-state index is -0.639. The third-order valence-electron chi connectivity index (χ3n) is 4.23. The summed E-state index contributed by atoms with van der Waals surface area (Å²) in [4.78, 5) is 26.1. The molecule has 5 nitrogen and oxygen atoms in total. The van der Waals surface area contributed by atoms with Crippen molar-refractivity contribution in [1.82, 2.24) is 5.32 Å². The number of benzene rings is 2. The highest BCUT2D eigenvalue weighted by atomic mass is 16.2. The molecule has 26 heavy (non-hydrogen) atoms. The van der Waals surface area contributed by atoms with Crippen molar-refractivity contribution in [2.24, 2.45) is 0 Å². The zero-order valence-corrected chi connectivity index (χ0v) is 15.5. The number of amides is 2. The van der Waals surface area contributed by atoms with Crippen molar-refractivity contribution in [1.29, 1.82) is 0 Å². The zero-order chi connectivity index (χ0) is 18.8. The summed E-state index contributed by atoms with van der Waals surface area (Å²) in [6.07, 6.45) is 1.66. The molecule has 0 radical (unpaired) electrons. The van der Waals surface area contributed by atoms with Crippen molar-refractivity contribution in [3.63, 3.8) is 0 Å². The molecule has 0 unspecified atom stereocenters. The van der Waals surface area contributed by atoms with Crippen molar-refractivity contribution < 1.29 is 9.59 Å². The molecule has 0 aromatic heterocycles. The molecule has 2 aromatic rings. The number of carbonyl (C=O) groups excluding carboxylic acids is 2. The van der Waals surface area contributed by atoms with Gasteiger partial charge in [-0.1, -0.05) is 30.3 Å². The third kappa shape index (κ3) is 5.92. The molecule has 0 bridgehead atoms. The first kappa shape index (κ1) is 19.5. The van der Waals surface area contributed by atoms with E-state index in [0.29, 0.717) is 12.2 Å². The van der Waals surface area contributed by atoms with Gasteiger partial charge in [-0.05, 0) is 56.5 Å². The number of carbonyl (C=O) groups is 2. The molecule has 138 valence electrons. The lowest BCUT2D eigenvalue weighted by atomic mass is 10.1. The first-order valence-corrected chi connectivity index (χ1v) is 9.12. The molecule has 0 saturated carbocycles. The molecule has 0 heterocycles. The van der Waals surface area contributed by atoms with Crippen LogP contribution in [0, 0.1) is 0 Å². The van der Waals surface area contributed by atoms with E-state index < -0.39 is 11.8 Å². The van der Waals surface area contributed by atoms with E-state index in [-0.39, 0.29) is 0 Å². The Morgan fingerprint density at radius 1 is 0.885 bits per heavy atom. The molecule has 2 N–H and O–H groups in total. The van der Waals surface area contributed by atoms with Gasteiger partial charge >= 0.3 is 11.8 Å². The number of nitrogens with zero attached hydrogens (tertiary/aromatic N) is 1. The molecule has 2 rings (SSSR count). The van der Waals surface area contributed by atoms with Gasteiger partial charge in [0.2, 0.25) is 0 Å². The van der Waals surface area contributed by atoms with Crippen LogP contribution in [0.25, 0.3) is 0 Å². The van der Waals surface area contributed by atoms with Crippen LogP contribution in [-0.2, 0) is 16.0 Å². The molecular formula is C21H27N3O2. The van der Waals surface area contributed by atoms with Gasteiger partial charge in [-0.3, -0.25) is 9.59 Å². The summed E-state index contributed by atoms with van der Waals surface area (Å²) in [5, 5.41) is 5.29. The van der Waals surface area contributed by atoms with Crippen LogP contribution in [0.15, 0.2) is 54.6 Å². The van der Waals surface area contributed by atoms with Gasteiger partial charge in [0.25, 0.3) is 0 Å². The highest BCUT2D eigenvalue weighted by Gasteiger charge is 2.13. The Morgan fingerprint density at radius 2 is 1.54 bits per heavy atom. The second-order valence-corrected chi connectivity index (χ2v) is 6.02. The maximum atomic E-state index is 12.0. The molecule has 5 heteroatoms. The molecular weight excluding hydrogens is 326 g/mol. The Balaban J connectivity index is 1.75. The average molecular weight is 353 g/mol. The van der Waals surface area contributed by atoms with Crippen LogP contribution >= 0.6 is 0 Å². The predicted octanol–water partition coefficient (Wildman–Crippen LogP) is 3.22. The molecule has 0 spiro atoms. The Morgan fingerprint density at radius 3 is 2.15 bits per heavy atom. The number of hydrogen-bond acceptors (Lipinski definition) is 3. The fourth-order valence-corrected chi connectivity index (χ4v) is 2.75. The first-order chi connectivity index (χ1) is 12.6. The number of aryl methyl sites for hydroxylation is 1. The van der Waals surface area contributed by atoms with Crippen LogP contribution in [-0.4, -0.2) is 31.4 Å². The summed E-state index contributed by atoms with van der Waals surface area (Å²) in [7, 11) is 0. The Hall–Kier alpha value is -2.82. The fraction of sp³-hybridized carbons (Fsp3) is 0.333. The van der Waals surface area contributed by atoms with Gasteiger partial charge in [0.05, 0.1) is 0 Å². The topological polar surface area (TPSA) is 61.4 Å². The lowest BCUT2D eigenvalue weighted by Crippen LogP contribution is -2.36. The summed E-state index contributed by atoms with van der Waals surface area (Å²) in [6.45, 7) is 6.52. The first-order valence-electron chi connectivity index (χ1n) is 9.12. The largest absolute Gasteiger partial charge is 0.372 e. The highest BCUT2D eigenvalue weighted by molar-refractivity contribution is 6.39. The normalized spacial score (nSPS) is 10.2. The lowest BCUT2D eigenvalue weighted by molar-refractivity contribution is -0.136. The van der Waals surface area contributed by atoms with Gasteiger partial charge < -0.3 is 15.5 Å². The van der Waals surface area contributed by atoms with Crippen LogP contribution in [0.2, 0.25) is 0 Å². The van der Waals surface area contributed by atoms with Crippen LogP contribution in [0.3, 0.4) is 0 Å². The summed E-state index contributed by atoms with van der Waals surface area (Å²) < 4.78 is 0. The lowest BCUT2D eigenvalue weighted by Gasteiger charge is -2.21. The SMILES string of the molecule is CCN(CC)c1ccc(NC(=O)C(=O)NCCCc2ccccc2)cc1. The summed E-state index contributed by atoms with van der Waals surface area (Å²) in [6, 6.07) is 17.6. The smallest absolute Gasteiger partial charge is 0.313 e. The maximum absolute atomic E-state index is 12.0. The number of anilines is 2. The standard InChI is InChI=1S/C21H27N3O2/c1-3-24(4-2)19-14-12-18(13-15-19)23-21(26)20(25)22-16-8-11-17-9-6-5-7-10-17/h5-7,9-10,12-15H,3-4,8,11,16H2,1-2H3,(H,22,25)(H,23,26). The van der Waals surface area contributed by atoms with Crippen molar-refractivity contribution in [3.05, 3.63) is 60.2 Å². The third-order valence-corrected chi connectivity index (χ3v) is 4.23. The van der Waals surface area contributed by atoms with E-state index >= 15 is 0 Å². The van der Waals surface area contributed by atoms with E-state index in [1.54, 1.807) is 0 Å². The number of rotatable bonds is 8. The van der Waals surface area contributed by atoms with E-state index in [1.165, 1.54) is 5.56 Å². The van der Waals surface area contributed by atoms with E-state index in [4.69, 9.17) is 0 Å². The van der Waals surface area contributed by atoms with Crippen molar-refractivity contribution in [2.45, 2.75) is 26.7 Å². The van der Waals surface area contributed by atoms with Gasteiger partial charge in [-0.15, -0.1) is 0 Å². The van der Waals surface area contributed by atoms with E-state index in [9.17, 15) is 9.59 Å². The van der Waals surface area contributed by atoms with Crippen LogP contribution < -0.4 is 15.5 Å². The van der Waals surface area contributed by atoms with Crippen molar-refractivity contribution in [3.8, 4) is 0 Å². The Kier molecular flexibility index (Phi) is 7.68. The zero-order valence-electron chi connectivity index (χ0n) is 15.5. The number of hydrogen-bond donors (Lipinski definition) is 2. The fourth-order valence-electron chi connectivity index (χ4n) is 2.75. The van der Waals surface area contributed by atoms with Gasteiger partial charge in [0.1, 0.15) is 0 Å². The molecule has 0 aliphatic heterocycles. The van der Waals surface area contributed by atoms with Gasteiger partial charge in [-0.25, -0.2) is 0 Å². The van der Waals surface area contributed by atoms with E-state index in [0.717, 1.165) is 31.6 Å². The monoisotopic (exact) mass is 353 g/mol. The van der Waals surface area contributed by atoms with Gasteiger partial charge in [0.15, 0.2) is 0 Å². The van der Waals surface area contributed by atoms with Gasteiger partial charge in [-0.2, -0.15) is 0 Å². The van der Waals surface area contributed by atoms with Crippen molar-refractivity contribution >= 4 is 23.2 Å². The van der Waals surface area contributed by atoms with Crippen LogP contribution in [0.5, 0.6) is 0 Å². The minimum Gasteiger partial charge on any atom is -0.372 e. The molecule has 0 saturated heterocycles. The molecule has 0 aliphatic carbocycles. The summed E-state index contributed by atoms with van der Waals surface area (Å²) >= 11 is 0. The molecule has 0 aliphatic rings. The van der Waals surface area contributed by atoms with E-state index in [1.807, 2.05) is 42.5 Å². The van der Waals surface area contributed by atoms with Crippen LogP contribution in [0.1, 0.15) is 25.8 Å². The average Bonchev–Trinajstić information content (AvgIpc) is 2.68. The second kappa shape index (κ2) is 10.2. The predicted molar refractivity (Wildman–Crippen MR) is 106 cm³/mol. The highest BCUT2D eigenvalue weighted by Crippen LogP contribution is 2.17. The van der Waals surface area contributed by atoms with Crippen LogP contribution in [0.4, 0.5) is 11.4 Å². The molecule has 0 atom stereocenters. The van der Waals surface area contributed by atoms with Crippen molar-refractivity contribution in [2.75, 3.05) is 29.9 Å². The minimum absolute atomic E-state index is 0.474. The Labute approximate surface area is 155 Å². The second-order valence-electron chi connectivity index (χ2n) is 6.02. The Bertz CT molecular complexity index is 695. The van der Waals surface area contributed by atoms with E-state index in [2.05, 4.69) is 41.5 Å². The summed E-state index contributed by atoms with van der Waals surface area (Å²) in [5.74, 6) is -1.24. The quantitative estimate of drug-likeness (QED) is 0.566. The molecule has 2 amide bonds. The summed E-state index contributed by atoms with van der Waals surface area (Å²) in [5.41, 5.74) is 2.93. The number of nitrogens with one attached hydrogen (secondary N) is 2. The molecule has 0 fully saturated rings.